The van der Waals surface area contributed by atoms with Crippen LogP contribution in [0.4, 0.5) is 4.79 Å². The molecule has 0 aliphatic heterocycles. The molecular weight excluding hydrogens is 246 g/mol. The molecular formula is C13H25N3O3. The summed E-state index contributed by atoms with van der Waals surface area (Å²) in [5, 5.41) is 5.52. The van der Waals surface area contributed by atoms with Gasteiger partial charge < -0.3 is 14.8 Å². The third-order valence-electron chi connectivity index (χ3n) is 2.30. The molecule has 0 aliphatic carbocycles. The van der Waals surface area contributed by atoms with Gasteiger partial charge in [0, 0.05) is 19.5 Å². The SMILES string of the molecule is CCNC(=NCCCCCC(C)=O)NC(=O)OCC. The van der Waals surface area contributed by atoms with E-state index in [9.17, 15) is 9.59 Å². The van der Waals surface area contributed by atoms with Crippen LogP contribution in [-0.4, -0.2) is 37.5 Å². The zero-order valence-electron chi connectivity index (χ0n) is 12.1. The topological polar surface area (TPSA) is 79.8 Å². The first-order valence-electron chi connectivity index (χ1n) is 6.81. The van der Waals surface area contributed by atoms with Crippen LogP contribution < -0.4 is 10.6 Å². The lowest BCUT2D eigenvalue weighted by Crippen LogP contribution is -2.41. The fourth-order valence-corrected chi connectivity index (χ4v) is 1.42. The van der Waals surface area contributed by atoms with Crippen molar-refractivity contribution in [2.45, 2.75) is 46.5 Å². The largest absolute Gasteiger partial charge is 0.450 e. The van der Waals surface area contributed by atoms with Crippen molar-refractivity contribution >= 4 is 17.8 Å². The normalized spacial score (nSPS) is 11.0. The van der Waals surface area contributed by atoms with Gasteiger partial charge in [0.25, 0.3) is 0 Å². The van der Waals surface area contributed by atoms with Crippen molar-refractivity contribution in [3.05, 3.63) is 0 Å². The lowest BCUT2D eigenvalue weighted by Gasteiger charge is -2.09. The number of hydrogen-bond acceptors (Lipinski definition) is 4. The quantitative estimate of drug-likeness (QED) is 0.401. The van der Waals surface area contributed by atoms with Gasteiger partial charge in [-0.1, -0.05) is 6.42 Å². The molecule has 0 aromatic rings. The van der Waals surface area contributed by atoms with Crippen LogP contribution in [0, 0.1) is 0 Å². The Bertz CT molecular complexity index is 304. The third-order valence-corrected chi connectivity index (χ3v) is 2.30. The molecule has 0 aliphatic rings. The number of guanidine groups is 1. The average molecular weight is 271 g/mol. The number of carbonyl (C=O) groups is 2. The number of nitrogens with one attached hydrogen (secondary N) is 2. The van der Waals surface area contributed by atoms with E-state index in [0.29, 0.717) is 32.1 Å². The fraction of sp³-hybridized carbons (Fsp3) is 0.769. The van der Waals surface area contributed by atoms with Crippen molar-refractivity contribution in [3.63, 3.8) is 0 Å². The average Bonchev–Trinajstić information content (AvgIpc) is 2.33. The summed E-state index contributed by atoms with van der Waals surface area (Å²) in [4.78, 5) is 26.3. The first kappa shape index (κ1) is 17.4. The molecule has 2 N–H and O–H groups in total. The Morgan fingerprint density at radius 3 is 2.47 bits per heavy atom. The van der Waals surface area contributed by atoms with E-state index in [-0.39, 0.29) is 5.78 Å². The number of aliphatic imine (C=N–C) groups is 1. The van der Waals surface area contributed by atoms with Gasteiger partial charge in [0.15, 0.2) is 0 Å². The summed E-state index contributed by atoms with van der Waals surface area (Å²) in [6.45, 7) is 6.90. The number of amides is 1. The van der Waals surface area contributed by atoms with Crippen LogP contribution in [0.2, 0.25) is 0 Å². The molecule has 0 radical (unpaired) electrons. The summed E-state index contributed by atoms with van der Waals surface area (Å²) in [5.41, 5.74) is 0. The predicted octanol–water partition coefficient (Wildman–Crippen LogP) is 1.85. The standard InChI is InChI=1S/C13H25N3O3/c1-4-14-12(16-13(18)19-5-2)15-10-8-6-7-9-11(3)17/h4-10H2,1-3H3,(H2,14,15,16,18). The Hall–Kier alpha value is -1.59. The highest BCUT2D eigenvalue weighted by atomic mass is 16.5. The number of hydrogen-bond donors (Lipinski definition) is 2. The molecule has 0 saturated carbocycles. The maximum absolute atomic E-state index is 11.2. The second-order valence-corrected chi connectivity index (χ2v) is 4.12. The number of Topliss-reactive ketones (excluding diaryl/α,β-unsaturated/α-hetero) is 1. The molecule has 0 fully saturated rings. The molecule has 0 heterocycles. The highest BCUT2D eigenvalue weighted by Gasteiger charge is 2.04. The first-order chi connectivity index (χ1) is 9.10. The van der Waals surface area contributed by atoms with Gasteiger partial charge in [-0.05, 0) is 33.6 Å². The van der Waals surface area contributed by atoms with Crippen LogP contribution >= 0.6 is 0 Å². The van der Waals surface area contributed by atoms with Crippen molar-refractivity contribution in [1.82, 2.24) is 10.6 Å². The highest BCUT2D eigenvalue weighted by Crippen LogP contribution is 2.00. The lowest BCUT2D eigenvalue weighted by molar-refractivity contribution is -0.117. The summed E-state index contributed by atoms with van der Waals surface area (Å²) in [6, 6.07) is 0. The number of ketones is 1. The summed E-state index contributed by atoms with van der Waals surface area (Å²) in [6.07, 6.45) is 2.88. The second kappa shape index (κ2) is 11.5. The molecule has 19 heavy (non-hydrogen) atoms. The van der Waals surface area contributed by atoms with Crippen LogP contribution in [0.25, 0.3) is 0 Å². The van der Waals surface area contributed by atoms with E-state index in [1.807, 2.05) is 6.92 Å². The third kappa shape index (κ3) is 11.2. The monoisotopic (exact) mass is 271 g/mol. The zero-order chi connectivity index (χ0) is 14.5. The minimum atomic E-state index is -0.501. The van der Waals surface area contributed by atoms with Crippen LogP contribution in [0.3, 0.4) is 0 Å². The number of carbonyl (C=O) groups excluding carboxylic acids is 2. The van der Waals surface area contributed by atoms with Gasteiger partial charge in [-0.3, -0.25) is 10.3 Å². The lowest BCUT2D eigenvalue weighted by atomic mass is 10.1. The molecule has 6 nitrogen and oxygen atoms in total. The summed E-state index contributed by atoms with van der Waals surface area (Å²) in [7, 11) is 0. The van der Waals surface area contributed by atoms with Gasteiger partial charge in [0.05, 0.1) is 6.61 Å². The fourth-order valence-electron chi connectivity index (χ4n) is 1.42. The van der Waals surface area contributed by atoms with E-state index < -0.39 is 6.09 Å². The van der Waals surface area contributed by atoms with Gasteiger partial charge in [-0.2, -0.15) is 0 Å². The number of nitrogens with zero attached hydrogens (tertiary/aromatic N) is 1. The van der Waals surface area contributed by atoms with Crippen LogP contribution in [0.15, 0.2) is 4.99 Å². The summed E-state index contributed by atoms with van der Waals surface area (Å²) >= 11 is 0. The summed E-state index contributed by atoms with van der Waals surface area (Å²) in [5.74, 6) is 0.660. The Kier molecular flexibility index (Phi) is 10.5. The summed E-state index contributed by atoms with van der Waals surface area (Å²) < 4.78 is 4.78. The molecule has 0 atom stereocenters. The van der Waals surface area contributed by atoms with E-state index in [2.05, 4.69) is 15.6 Å². The molecule has 6 heteroatoms. The minimum Gasteiger partial charge on any atom is -0.450 e. The number of rotatable bonds is 8. The van der Waals surface area contributed by atoms with E-state index in [0.717, 1.165) is 19.3 Å². The van der Waals surface area contributed by atoms with E-state index >= 15 is 0 Å². The molecule has 0 bridgehead atoms. The van der Waals surface area contributed by atoms with Gasteiger partial charge in [-0.15, -0.1) is 0 Å². The minimum absolute atomic E-state index is 0.223. The Morgan fingerprint density at radius 2 is 1.89 bits per heavy atom. The Balaban J connectivity index is 3.91. The molecule has 110 valence electrons. The molecule has 0 aromatic carbocycles. The van der Waals surface area contributed by atoms with Crippen molar-refractivity contribution in [1.29, 1.82) is 0 Å². The van der Waals surface area contributed by atoms with Crippen molar-refractivity contribution in [2.24, 2.45) is 4.99 Å². The molecule has 0 saturated heterocycles. The van der Waals surface area contributed by atoms with Gasteiger partial charge in [0.2, 0.25) is 5.96 Å². The first-order valence-corrected chi connectivity index (χ1v) is 6.81. The Morgan fingerprint density at radius 1 is 1.16 bits per heavy atom. The van der Waals surface area contributed by atoms with Crippen molar-refractivity contribution in [3.8, 4) is 0 Å². The smallest absolute Gasteiger partial charge is 0.413 e. The van der Waals surface area contributed by atoms with Gasteiger partial charge >= 0.3 is 6.09 Å². The maximum atomic E-state index is 11.2. The molecule has 0 rings (SSSR count). The van der Waals surface area contributed by atoms with Crippen LogP contribution in [0.1, 0.15) is 46.5 Å². The van der Waals surface area contributed by atoms with Gasteiger partial charge in [0.1, 0.15) is 5.78 Å². The Labute approximate surface area is 115 Å². The predicted molar refractivity (Wildman–Crippen MR) is 75.3 cm³/mol. The number of ether oxygens (including phenoxy) is 1. The van der Waals surface area contributed by atoms with Crippen molar-refractivity contribution < 1.29 is 14.3 Å². The van der Waals surface area contributed by atoms with Gasteiger partial charge in [-0.25, -0.2) is 4.79 Å². The van der Waals surface area contributed by atoms with E-state index in [4.69, 9.17) is 4.74 Å². The van der Waals surface area contributed by atoms with E-state index in [1.165, 1.54) is 0 Å². The molecule has 0 unspecified atom stereocenters. The van der Waals surface area contributed by atoms with Crippen LogP contribution in [-0.2, 0) is 9.53 Å². The molecule has 0 spiro atoms. The van der Waals surface area contributed by atoms with E-state index in [1.54, 1.807) is 13.8 Å². The number of unbranched alkanes of at least 4 members (excludes halogenated alkanes) is 2. The van der Waals surface area contributed by atoms with Crippen molar-refractivity contribution in [2.75, 3.05) is 19.7 Å². The maximum Gasteiger partial charge on any atom is 0.413 e. The molecule has 0 aromatic heterocycles. The highest BCUT2D eigenvalue weighted by molar-refractivity contribution is 5.93. The molecule has 1 amide bonds. The number of alkyl carbamates (subject to hydrolysis) is 1. The van der Waals surface area contributed by atoms with Crippen LogP contribution in [0.5, 0.6) is 0 Å². The zero-order valence-corrected chi connectivity index (χ0v) is 12.1. The second-order valence-electron chi connectivity index (χ2n) is 4.12.